The number of fused-ring (bicyclic) bond motifs is 3. The number of esters is 1. The molecule has 2 unspecified atom stereocenters. The van der Waals surface area contributed by atoms with Crippen LogP contribution in [0.1, 0.15) is 31.7 Å². The number of allylic oxidation sites excluding steroid dienone is 1. The molecule has 6 heteroatoms. The molecule has 3 heterocycles. The highest BCUT2D eigenvalue weighted by Crippen LogP contribution is 2.39. The van der Waals surface area contributed by atoms with Crippen LogP contribution in [0.2, 0.25) is 0 Å². The van der Waals surface area contributed by atoms with E-state index in [2.05, 4.69) is 33.4 Å². The van der Waals surface area contributed by atoms with Gasteiger partial charge in [-0.3, -0.25) is 14.6 Å². The molecule has 0 spiro atoms. The highest BCUT2D eigenvalue weighted by molar-refractivity contribution is 5.80. The van der Waals surface area contributed by atoms with Gasteiger partial charge in [-0.25, -0.2) is 4.90 Å². The third-order valence-electron chi connectivity index (χ3n) is 5.12. The fraction of sp³-hybridized carbons (Fsp3) is 0.421. The van der Waals surface area contributed by atoms with Crippen LogP contribution in [0, 0.1) is 0 Å². The number of carbonyl (C=O) groups is 2. The Morgan fingerprint density at radius 1 is 1.44 bits per heavy atom. The molecule has 0 aromatic carbocycles. The van der Waals surface area contributed by atoms with Crippen LogP contribution in [0.25, 0.3) is 5.57 Å². The number of nitrogens with one attached hydrogen (secondary N) is 1. The molecule has 0 saturated carbocycles. The van der Waals surface area contributed by atoms with Gasteiger partial charge in [-0.15, -0.1) is 0 Å². The number of pyridine rings is 1. The van der Waals surface area contributed by atoms with Gasteiger partial charge >= 0.3 is 5.97 Å². The molecule has 1 saturated heterocycles. The van der Waals surface area contributed by atoms with Gasteiger partial charge in [0.15, 0.2) is 6.23 Å². The van der Waals surface area contributed by atoms with Crippen LogP contribution in [0.4, 0.5) is 0 Å². The average molecular weight is 339 g/mol. The zero-order valence-electron chi connectivity index (χ0n) is 14.1. The maximum absolute atomic E-state index is 12.2. The van der Waals surface area contributed by atoms with E-state index in [1.165, 1.54) is 18.1 Å². The van der Waals surface area contributed by atoms with Crippen molar-refractivity contribution in [3.8, 4) is 0 Å². The van der Waals surface area contributed by atoms with Gasteiger partial charge in [0.05, 0.1) is 6.54 Å². The molecule has 1 aromatic rings. The monoisotopic (exact) mass is 339 g/mol. The van der Waals surface area contributed by atoms with E-state index in [9.17, 15) is 9.59 Å². The molecule has 25 heavy (non-hydrogen) atoms. The lowest BCUT2D eigenvalue weighted by Gasteiger charge is -2.40. The first kappa shape index (κ1) is 16.0. The maximum atomic E-state index is 12.2. The highest BCUT2D eigenvalue weighted by Gasteiger charge is 2.48. The Kier molecular flexibility index (Phi) is 4.13. The summed E-state index contributed by atoms with van der Waals surface area (Å²) in [6, 6.07) is 3.95. The molecule has 1 aliphatic carbocycles. The molecule has 3 aliphatic rings. The second-order valence-electron chi connectivity index (χ2n) is 6.70. The molecule has 4 rings (SSSR count). The summed E-state index contributed by atoms with van der Waals surface area (Å²) in [5.41, 5.74) is 3.65. The first-order valence-corrected chi connectivity index (χ1v) is 8.67. The van der Waals surface area contributed by atoms with E-state index in [0.29, 0.717) is 13.0 Å². The topological polar surface area (TPSA) is 71.5 Å². The van der Waals surface area contributed by atoms with E-state index < -0.39 is 0 Å². The van der Waals surface area contributed by atoms with E-state index in [0.717, 1.165) is 18.4 Å². The van der Waals surface area contributed by atoms with Crippen LogP contribution in [0.15, 0.2) is 42.3 Å². The summed E-state index contributed by atoms with van der Waals surface area (Å²) >= 11 is 0. The van der Waals surface area contributed by atoms with E-state index in [4.69, 9.17) is 4.74 Å². The lowest BCUT2D eigenvalue weighted by molar-refractivity contribution is -0.143. The normalized spacial score (nSPS) is 28.4. The van der Waals surface area contributed by atoms with Crippen LogP contribution in [0.3, 0.4) is 0 Å². The number of carbonyl (C=O) groups excluding carboxylic acids is 2. The van der Waals surface area contributed by atoms with E-state index >= 15 is 0 Å². The van der Waals surface area contributed by atoms with Crippen molar-refractivity contribution in [3.63, 3.8) is 0 Å². The summed E-state index contributed by atoms with van der Waals surface area (Å²) in [6.07, 6.45) is 10.2. The SMILES string of the molecule is CC(=O)NC[C@@H]1OC(=O)C2CC=C3C=C(c4cccnc4)CCC3N21. The second-order valence-corrected chi connectivity index (χ2v) is 6.70. The average Bonchev–Trinajstić information content (AvgIpc) is 2.96. The van der Waals surface area contributed by atoms with Gasteiger partial charge in [0.1, 0.15) is 6.04 Å². The lowest BCUT2D eigenvalue weighted by Crippen LogP contribution is -2.52. The molecule has 130 valence electrons. The molecule has 3 atom stereocenters. The van der Waals surface area contributed by atoms with Crippen LogP contribution in [-0.4, -0.2) is 46.6 Å². The van der Waals surface area contributed by atoms with Crippen molar-refractivity contribution in [2.45, 2.75) is 44.5 Å². The lowest BCUT2D eigenvalue weighted by atomic mass is 9.83. The highest BCUT2D eigenvalue weighted by atomic mass is 16.6. The summed E-state index contributed by atoms with van der Waals surface area (Å²) in [6.45, 7) is 1.81. The molecular weight excluding hydrogens is 318 g/mol. The number of hydrogen-bond acceptors (Lipinski definition) is 5. The van der Waals surface area contributed by atoms with Crippen LogP contribution < -0.4 is 5.32 Å². The van der Waals surface area contributed by atoms with Gasteiger partial charge in [0, 0.05) is 25.4 Å². The zero-order valence-corrected chi connectivity index (χ0v) is 14.1. The standard InChI is InChI=1S/C19H21N3O3/c1-12(23)21-11-18-22-16-6-4-13(15-3-2-8-20-10-15)9-14(16)5-7-17(22)19(24)25-18/h2-3,5,8-10,16-18H,4,6-7,11H2,1H3,(H,21,23)/t16?,17?,18-/m0/s1. The zero-order chi connectivity index (χ0) is 17.4. The quantitative estimate of drug-likeness (QED) is 0.848. The molecular formula is C19H21N3O3. The summed E-state index contributed by atoms with van der Waals surface area (Å²) in [7, 11) is 0. The van der Waals surface area contributed by atoms with Crippen LogP contribution in [0.5, 0.6) is 0 Å². The largest absolute Gasteiger partial charge is 0.443 e. The van der Waals surface area contributed by atoms with Crippen molar-refractivity contribution in [2.24, 2.45) is 0 Å². The number of cyclic esters (lactones) is 1. The third-order valence-corrected chi connectivity index (χ3v) is 5.12. The Hall–Kier alpha value is -2.47. The number of rotatable bonds is 3. The van der Waals surface area contributed by atoms with Crippen molar-refractivity contribution in [1.82, 2.24) is 15.2 Å². The number of ether oxygens (including phenoxy) is 1. The number of aromatic nitrogens is 1. The predicted octanol–water partition coefficient (Wildman–Crippen LogP) is 1.65. The first-order valence-electron chi connectivity index (χ1n) is 8.67. The summed E-state index contributed by atoms with van der Waals surface area (Å²) in [5, 5.41) is 2.77. The fourth-order valence-electron chi connectivity index (χ4n) is 3.98. The van der Waals surface area contributed by atoms with Gasteiger partial charge in [-0.2, -0.15) is 0 Å². The third kappa shape index (κ3) is 2.98. The Morgan fingerprint density at radius 3 is 3.08 bits per heavy atom. The van der Waals surface area contributed by atoms with Gasteiger partial charge in [-0.05, 0) is 42.0 Å². The summed E-state index contributed by atoms with van der Waals surface area (Å²) < 4.78 is 5.53. The molecule has 1 fully saturated rings. The number of amides is 1. The predicted molar refractivity (Wildman–Crippen MR) is 92.1 cm³/mol. The number of nitrogens with zero attached hydrogens (tertiary/aromatic N) is 2. The minimum absolute atomic E-state index is 0.116. The minimum atomic E-state index is -0.386. The van der Waals surface area contributed by atoms with Crippen molar-refractivity contribution < 1.29 is 14.3 Å². The van der Waals surface area contributed by atoms with Gasteiger partial charge < -0.3 is 10.1 Å². The van der Waals surface area contributed by atoms with Crippen molar-refractivity contribution in [1.29, 1.82) is 0 Å². The van der Waals surface area contributed by atoms with Gasteiger partial charge in [0.25, 0.3) is 0 Å². The fourth-order valence-corrected chi connectivity index (χ4v) is 3.98. The molecule has 1 N–H and O–H groups in total. The van der Waals surface area contributed by atoms with Crippen LogP contribution >= 0.6 is 0 Å². The molecule has 2 aliphatic heterocycles. The molecule has 0 bridgehead atoms. The van der Waals surface area contributed by atoms with E-state index in [1.807, 2.05) is 12.3 Å². The molecule has 6 nitrogen and oxygen atoms in total. The number of hydrogen-bond donors (Lipinski definition) is 1. The van der Waals surface area contributed by atoms with E-state index in [-0.39, 0.29) is 30.2 Å². The van der Waals surface area contributed by atoms with Crippen molar-refractivity contribution >= 4 is 17.4 Å². The second kappa shape index (κ2) is 6.44. The van der Waals surface area contributed by atoms with E-state index in [1.54, 1.807) is 6.20 Å². The molecule has 1 amide bonds. The Morgan fingerprint density at radius 2 is 2.32 bits per heavy atom. The summed E-state index contributed by atoms with van der Waals surface area (Å²) in [4.78, 5) is 29.8. The van der Waals surface area contributed by atoms with Crippen molar-refractivity contribution in [3.05, 3.63) is 47.8 Å². The Labute approximate surface area is 146 Å². The van der Waals surface area contributed by atoms with Crippen LogP contribution in [-0.2, 0) is 14.3 Å². The Bertz CT molecular complexity index is 756. The Balaban J connectivity index is 1.59. The minimum Gasteiger partial charge on any atom is -0.443 e. The van der Waals surface area contributed by atoms with Crippen molar-refractivity contribution in [2.75, 3.05) is 6.54 Å². The maximum Gasteiger partial charge on any atom is 0.325 e. The first-order chi connectivity index (χ1) is 12.1. The molecule has 0 radical (unpaired) electrons. The summed E-state index contributed by atoms with van der Waals surface area (Å²) in [5.74, 6) is -0.303. The smallest absolute Gasteiger partial charge is 0.325 e. The van der Waals surface area contributed by atoms with Gasteiger partial charge in [0.2, 0.25) is 5.91 Å². The van der Waals surface area contributed by atoms with Gasteiger partial charge in [-0.1, -0.05) is 18.2 Å². The molecule has 1 aromatic heterocycles.